The van der Waals surface area contributed by atoms with Gasteiger partial charge in [-0.2, -0.15) is 0 Å². The topological polar surface area (TPSA) is 71.4 Å². The zero-order valence-corrected chi connectivity index (χ0v) is 14.9. The summed E-state index contributed by atoms with van der Waals surface area (Å²) in [6, 6.07) is 12.8. The molecule has 0 aliphatic carbocycles. The molecule has 6 heteroatoms. The fourth-order valence-corrected chi connectivity index (χ4v) is 3.28. The predicted molar refractivity (Wildman–Crippen MR) is 97.6 cm³/mol. The van der Waals surface area contributed by atoms with Crippen molar-refractivity contribution in [1.82, 2.24) is 14.8 Å². The van der Waals surface area contributed by atoms with E-state index in [4.69, 9.17) is 0 Å². The molecule has 1 atom stereocenters. The number of hydrogen-bond acceptors (Lipinski definition) is 3. The molecule has 1 aliphatic heterocycles. The van der Waals surface area contributed by atoms with E-state index in [1.807, 2.05) is 36.2 Å². The van der Waals surface area contributed by atoms with Crippen LogP contribution < -0.4 is 5.32 Å². The molecule has 3 rings (SSSR count). The molecule has 0 fully saturated rings. The van der Waals surface area contributed by atoms with Crippen LogP contribution in [0, 0.1) is 0 Å². The van der Waals surface area contributed by atoms with Gasteiger partial charge in [-0.15, -0.1) is 0 Å². The molecule has 2 amide bonds. The van der Waals surface area contributed by atoms with Crippen molar-refractivity contribution in [3.8, 4) is 0 Å². The number of benzene rings is 1. The highest BCUT2D eigenvalue weighted by Gasteiger charge is 2.27. The molecule has 26 heavy (non-hydrogen) atoms. The summed E-state index contributed by atoms with van der Waals surface area (Å²) in [5.74, 6) is -0.458. The van der Waals surface area contributed by atoms with Gasteiger partial charge in [0.1, 0.15) is 0 Å². The molecule has 2 aromatic rings. The van der Waals surface area contributed by atoms with E-state index in [0.717, 1.165) is 12.2 Å². The second-order valence-corrected chi connectivity index (χ2v) is 6.46. The summed E-state index contributed by atoms with van der Waals surface area (Å²) in [5, 5.41) is 2.60. The molecular weight excluding hydrogens is 330 g/mol. The maximum atomic E-state index is 12.5. The number of nitrogens with zero attached hydrogens (tertiary/aromatic N) is 2. The first-order chi connectivity index (χ1) is 12.6. The lowest BCUT2D eigenvalue weighted by atomic mass is 10.1. The van der Waals surface area contributed by atoms with Gasteiger partial charge >= 0.3 is 0 Å². The van der Waals surface area contributed by atoms with E-state index in [0.29, 0.717) is 12.1 Å². The van der Waals surface area contributed by atoms with Crippen LogP contribution in [0.4, 0.5) is 0 Å². The number of rotatable bonds is 6. The van der Waals surface area contributed by atoms with Gasteiger partial charge in [0.05, 0.1) is 12.6 Å². The van der Waals surface area contributed by atoms with Gasteiger partial charge in [0.2, 0.25) is 11.8 Å². The average molecular weight is 353 g/mol. The number of Topliss-reactive ketones (excluding diaryl/α,β-unsaturated/α-hetero) is 1. The van der Waals surface area contributed by atoms with Crippen molar-refractivity contribution in [3.63, 3.8) is 0 Å². The van der Waals surface area contributed by atoms with Gasteiger partial charge in [0.25, 0.3) is 0 Å². The molecule has 136 valence electrons. The first kappa shape index (κ1) is 17.9. The lowest BCUT2D eigenvalue weighted by molar-refractivity contribution is -0.136. The molecule has 2 heterocycles. The third-order valence-electron chi connectivity index (χ3n) is 4.77. The predicted octanol–water partition coefficient (Wildman–Crippen LogP) is 2.17. The molecule has 0 bridgehead atoms. The van der Waals surface area contributed by atoms with E-state index in [-0.39, 0.29) is 43.0 Å². The van der Waals surface area contributed by atoms with Crippen molar-refractivity contribution in [1.29, 1.82) is 0 Å². The quantitative estimate of drug-likeness (QED) is 0.809. The Hall–Kier alpha value is -2.89. The average Bonchev–Trinajstić information content (AvgIpc) is 3.15. The van der Waals surface area contributed by atoms with Crippen LogP contribution in [0.25, 0.3) is 0 Å². The number of hydrogen-bond donors (Lipinski definition) is 1. The summed E-state index contributed by atoms with van der Waals surface area (Å²) >= 11 is 0. The summed E-state index contributed by atoms with van der Waals surface area (Å²) in [7, 11) is 0. The minimum Gasteiger partial charge on any atom is -0.349 e. The summed E-state index contributed by atoms with van der Waals surface area (Å²) in [6.07, 6.45) is 2.26. The minimum absolute atomic E-state index is 0.00831. The lowest BCUT2D eigenvalue weighted by Crippen LogP contribution is -2.41. The van der Waals surface area contributed by atoms with E-state index in [1.54, 1.807) is 24.3 Å². The van der Waals surface area contributed by atoms with Crippen molar-refractivity contribution in [3.05, 3.63) is 59.9 Å². The van der Waals surface area contributed by atoms with Gasteiger partial charge in [-0.05, 0) is 19.1 Å². The Morgan fingerprint density at radius 2 is 1.81 bits per heavy atom. The van der Waals surface area contributed by atoms with Gasteiger partial charge in [-0.25, -0.2) is 0 Å². The van der Waals surface area contributed by atoms with E-state index >= 15 is 0 Å². The Bertz CT molecular complexity index is 798. The summed E-state index contributed by atoms with van der Waals surface area (Å²) in [5.41, 5.74) is 1.68. The van der Waals surface area contributed by atoms with Crippen molar-refractivity contribution >= 4 is 17.6 Å². The standard InChI is InChI=1S/C20H23N3O3/c1-15-17-8-5-11-22(17)12-13-23(15)20(26)10-9-19(25)21-14-18(24)16-6-3-2-4-7-16/h2-8,11,15H,9-10,12-14H2,1H3,(H,21,25)/t15-/m1/s1. The van der Waals surface area contributed by atoms with E-state index in [1.165, 1.54) is 0 Å². The molecule has 1 N–H and O–H groups in total. The Kier molecular flexibility index (Phi) is 5.51. The Morgan fingerprint density at radius 1 is 1.04 bits per heavy atom. The summed E-state index contributed by atoms with van der Waals surface area (Å²) < 4.78 is 2.15. The van der Waals surface area contributed by atoms with E-state index < -0.39 is 0 Å². The van der Waals surface area contributed by atoms with Crippen LogP contribution in [0.5, 0.6) is 0 Å². The number of ketones is 1. The molecule has 1 aromatic heterocycles. The molecule has 6 nitrogen and oxygen atoms in total. The third-order valence-corrected chi connectivity index (χ3v) is 4.77. The first-order valence-electron chi connectivity index (χ1n) is 8.85. The number of aromatic nitrogens is 1. The number of nitrogens with one attached hydrogen (secondary N) is 1. The monoisotopic (exact) mass is 353 g/mol. The zero-order valence-electron chi connectivity index (χ0n) is 14.9. The lowest BCUT2D eigenvalue weighted by Gasteiger charge is -2.35. The van der Waals surface area contributed by atoms with Crippen LogP contribution in [0.2, 0.25) is 0 Å². The Labute approximate surface area is 152 Å². The van der Waals surface area contributed by atoms with Gasteiger partial charge < -0.3 is 14.8 Å². The third kappa shape index (κ3) is 4.02. The van der Waals surface area contributed by atoms with E-state index in [2.05, 4.69) is 9.88 Å². The van der Waals surface area contributed by atoms with Crippen LogP contribution in [0.1, 0.15) is 41.9 Å². The molecule has 1 aromatic carbocycles. The first-order valence-corrected chi connectivity index (χ1v) is 8.85. The molecule has 0 spiro atoms. The van der Waals surface area contributed by atoms with Crippen LogP contribution >= 0.6 is 0 Å². The summed E-state index contributed by atoms with van der Waals surface area (Å²) in [6.45, 7) is 3.37. The fraction of sp³-hybridized carbons (Fsp3) is 0.350. The number of carbonyl (C=O) groups excluding carboxylic acids is 3. The second kappa shape index (κ2) is 7.99. The van der Waals surface area contributed by atoms with Crippen molar-refractivity contribution in [2.24, 2.45) is 0 Å². The maximum absolute atomic E-state index is 12.5. The van der Waals surface area contributed by atoms with Crippen LogP contribution in [-0.2, 0) is 16.1 Å². The second-order valence-electron chi connectivity index (χ2n) is 6.46. The summed E-state index contributed by atoms with van der Waals surface area (Å²) in [4.78, 5) is 38.2. The smallest absolute Gasteiger partial charge is 0.223 e. The van der Waals surface area contributed by atoms with Gasteiger partial charge in [-0.1, -0.05) is 30.3 Å². The molecule has 0 unspecified atom stereocenters. The zero-order chi connectivity index (χ0) is 18.5. The molecule has 0 saturated heterocycles. The Balaban J connectivity index is 1.44. The van der Waals surface area contributed by atoms with Gasteiger partial charge in [-0.3, -0.25) is 14.4 Å². The highest BCUT2D eigenvalue weighted by molar-refractivity contribution is 5.99. The van der Waals surface area contributed by atoms with Crippen molar-refractivity contribution < 1.29 is 14.4 Å². The Morgan fingerprint density at radius 3 is 2.58 bits per heavy atom. The molecule has 0 radical (unpaired) electrons. The molecule has 0 saturated carbocycles. The normalized spacial score (nSPS) is 16.0. The maximum Gasteiger partial charge on any atom is 0.223 e. The van der Waals surface area contributed by atoms with Crippen molar-refractivity contribution in [2.75, 3.05) is 13.1 Å². The van der Waals surface area contributed by atoms with Crippen LogP contribution in [-0.4, -0.2) is 40.2 Å². The minimum atomic E-state index is -0.282. The van der Waals surface area contributed by atoms with Crippen molar-refractivity contribution in [2.45, 2.75) is 32.4 Å². The number of amides is 2. The SMILES string of the molecule is C[C@@H]1c2cccn2CCN1C(=O)CCC(=O)NCC(=O)c1ccccc1. The molecule has 1 aliphatic rings. The largest absolute Gasteiger partial charge is 0.349 e. The fourth-order valence-electron chi connectivity index (χ4n) is 3.28. The highest BCUT2D eigenvalue weighted by atomic mass is 16.2. The highest BCUT2D eigenvalue weighted by Crippen LogP contribution is 2.25. The van der Waals surface area contributed by atoms with Crippen LogP contribution in [0.3, 0.4) is 0 Å². The number of fused-ring (bicyclic) bond motifs is 1. The van der Waals surface area contributed by atoms with Crippen LogP contribution in [0.15, 0.2) is 48.7 Å². The molecular formula is C20H23N3O3. The number of carbonyl (C=O) groups is 3. The van der Waals surface area contributed by atoms with Gasteiger partial charge in [0, 0.05) is 43.4 Å². The van der Waals surface area contributed by atoms with E-state index in [9.17, 15) is 14.4 Å². The van der Waals surface area contributed by atoms with Gasteiger partial charge in [0.15, 0.2) is 5.78 Å².